The van der Waals surface area contributed by atoms with Crippen LogP contribution in [0, 0.1) is 0 Å². The Kier molecular flexibility index (Phi) is 4.63. The van der Waals surface area contributed by atoms with Gasteiger partial charge >= 0.3 is 0 Å². The molecular formula is C10H12BrN5O3. The summed E-state index contributed by atoms with van der Waals surface area (Å²) in [5, 5.41) is 19.5. The van der Waals surface area contributed by atoms with Gasteiger partial charge in [0.15, 0.2) is 5.82 Å². The second kappa shape index (κ2) is 6.43. The fraction of sp³-hybridized carbons (Fsp3) is 0.400. The lowest BCUT2D eigenvalue weighted by atomic mass is 10.4. The Morgan fingerprint density at radius 1 is 1.53 bits per heavy atom. The van der Waals surface area contributed by atoms with Crippen molar-refractivity contribution < 1.29 is 9.63 Å². The number of aliphatic hydroxyl groups is 1. The molecule has 8 nitrogen and oxygen atoms in total. The van der Waals surface area contributed by atoms with Crippen molar-refractivity contribution in [3.05, 3.63) is 33.2 Å². The second-order valence-electron chi connectivity index (χ2n) is 3.65. The van der Waals surface area contributed by atoms with Gasteiger partial charge in [0.25, 0.3) is 5.56 Å². The monoisotopic (exact) mass is 329 g/mol. The van der Waals surface area contributed by atoms with E-state index >= 15 is 0 Å². The number of aliphatic hydroxyl groups excluding tert-OH is 1. The molecule has 9 heteroatoms. The van der Waals surface area contributed by atoms with Gasteiger partial charge in [-0.25, -0.2) is 4.68 Å². The molecule has 0 spiro atoms. The largest absolute Gasteiger partial charge is 0.394 e. The first-order chi connectivity index (χ1) is 9.22. The highest BCUT2D eigenvalue weighted by Gasteiger charge is 2.08. The zero-order valence-electron chi connectivity index (χ0n) is 9.91. The first-order valence-corrected chi connectivity index (χ1v) is 6.37. The summed E-state index contributed by atoms with van der Waals surface area (Å²) in [4.78, 5) is 15.7. The molecule has 0 aliphatic heterocycles. The lowest BCUT2D eigenvalue weighted by molar-refractivity contribution is 0.266. The molecule has 0 bridgehead atoms. The van der Waals surface area contributed by atoms with Crippen molar-refractivity contribution in [2.45, 2.75) is 13.0 Å². The molecule has 0 unspecified atom stereocenters. The topological polar surface area (TPSA) is 106 Å². The van der Waals surface area contributed by atoms with Crippen LogP contribution in [0.5, 0.6) is 0 Å². The number of aromatic nitrogens is 4. The third kappa shape index (κ3) is 3.38. The van der Waals surface area contributed by atoms with E-state index in [2.05, 4.69) is 41.0 Å². The van der Waals surface area contributed by atoms with Crippen LogP contribution in [0.4, 0.5) is 5.69 Å². The van der Waals surface area contributed by atoms with Crippen LogP contribution in [-0.4, -0.2) is 38.2 Å². The number of hydrogen-bond acceptors (Lipinski definition) is 7. The van der Waals surface area contributed by atoms with Gasteiger partial charge in [0.2, 0.25) is 6.39 Å². The van der Waals surface area contributed by atoms with E-state index in [4.69, 9.17) is 5.11 Å². The van der Waals surface area contributed by atoms with Gasteiger partial charge in [-0.15, -0.1) is 0 Å². The fourth-order valence-electron chi connectivity index (χ4n) is 1.45. The molecule has 0 radical (unpaired) electrons. The maximum atomic E-state index is 11.8. The van der Waals surface area contributed by atoms with Crippen LogP contribution in [-0.2, 0) is 13.0 Å². The highest BCUT2D eigenvalue weighted by atomic mass is 79.9. The van der Waals surface area contributed by atoms with Crippen LogP contribution < -0.4 is 10.9 Å². The Morgan fingerprint density at radius 3 is 3.05 bits per heavy atom. The molecule has 19 heavy (non-hydrogen) atoms. The van der Waals surface area contributed by atoms with Crippen molar-refractivity contribution >= 4 is 21.6 Å². The average molecular weight is 330 g/mol. The van der Waals surface area contributed by atoms with Crippen LogP contribution >= 0.6 is 15.9 Å². The molecule has 0 atom stereocenters. The summed E-state index contributed by atoms with van der Waals surface area (Å²) in [6.07, 6.45) is 3.36. The average Bonchev–Trinajstić information content (AvgIpc) is 2.91. The van der Waals surface area contributed by atoms with Crippen molar-refractivity contribution in [2.24, 2.45) is 0 Å². The van der Waals surface area contributed by atoms with Crippen LogP contribution in [0.15, 0.2) is 26.4 Å². The van der Waals surface area contributed by atoms with Crippen LogP contribution in [0.3, 0.4) is 0 Å². The van der Waals surface area contributed by atoms with E-state index in [0.717, 1.165) is 0 Å². The highest BCUT2D eigenvalue weighted by Crippen LogP contribution is 2.15. The van der Waals surface area contributed by atoms with Crippen molar-refractivity contribution in [2.75, 3.05) is 18.5 Å². The van der Waals surface area contributed by atoms with Crippen LogP contribution in [0.2, 0.25) is 0 Å². The van der Waals surface area contributed by atoms with Gasteiger partial charge in [-0.2, -0.15) is 10.1 Å². The summed E-state index contributed by atoms with van der Waals surface area (Å²) in [6.45, 7) is 0.577. The highest BCUT2D eigenvalue weighted by molar-refractivity contribution is 9.10. The van der Waals surface area contributed by atoms with E-state index < -0.39 is 0 Å². The minimum Gasteiger partial charge on any atom is -0.394 e. The molecule has 0 aromatic carbocycles. The number of rotatable bonds is 6. The van der Waals surface area contributed by atoms with E-state index in [1.165, 1.54) is 17.3 Å². The van der Waals surface area contributed by atoms with Crippen LogP contribution in [0.25, 0.3) is 0 Å². The minimum absolute atomic E-state index is 0.135. The van der Waals surface area contributed by atoms with E-state index in [0.29, 0.717) is 29.0 Å². The molecule has 2 aromatic rings. The Hall–Kier alpha value is -1.74. The first kappa shape index (κ1) is 13.7. The van der Waals surface area contributed by atoms with E-state index in [1.807, 2.05) is 0 Å². The molecule has 0 amide bonds. The van der Waals surface area contributed by atoms with Gasteiger partial charge in [-0.1, -0.05) is 5.16 Å². The van der Waals surface area contributed by atoms with Crippen molar-refractivity contribution in [1.82, 2.24) is 19.9 Å². The maximum absolute atomic E-state index is 11.8. The summed E-state index contributed by atoms with van der Waals surface area (Å²) < 4.78 is 6.18. The van der Waals surface area contributed by atoms with E-state index in [9.17, 15) is 4.79 Å². The standard InChI is InChI=1S/C10H12BrN5O3/c11-9-7(5-14-16(3-4-17)10(9)18)12-2-1-8-13-6-19-15-8/h5-6,12,17H,1-4H2. The molecule has 0 saturated carbocycles. The van der Waals surface area contributed by atoms with Gasteiger partial charge in [0.1, 0.15) is 4.47 Å². The Bertz CT molecular complexity index is 583. The summed E-state index contributed by atoms with van der Waals surface area (Å²) in [6, 6.07) is 0. The predicted molar refractivity (Wildman–Crippen MR) is 69.8 cm³/mol. The molecule has 0 aliphatic carbocycles. The smallest absolute Gasteiger partial charge is 0.283 e. The summed E-state index contributed by atoms with van der Waals surface area (Å²) in [7, 11) is 0. The number of halogens is 1. The summed E-state index contributed by atoms with van der Waals surface area (Å²) >= 11 is 3.21. The van der Waals surface area contributed by atoms with E-state index in [-0.39, 0.29) is 18.7 Å². The Balaban J connectivity index is 2.01. The fourth-order valence-corrected chi connectivity index (χ4v) is 1.90. The van der Waals surface area contributed by atoms with Crippen molar-refractivity contribution in [3.8, 4) is 0 Å². The second-order valence-corrected chi connectivity index (χ2v) is 4.44. The molecule has 0 aliphatic rings. The number of anilines is 1. The number of hydrogen-bond donors (Lipinski definition) is 2. The number of nitrogens with zero attached hydrogens (tertiary/aromatic N) is 4. The van der Waals surface area contributed by atoms with Gasteiger partial charge in [-0.05, 0) is 15.9 Å². The molecule has 102 valence electrons. The number of nitrogens with one attached hydrogen (secondary N) is 1. The molecular weight excluding hydrogens is 318 g/mol. The third-order valence-corrected chi connectivity index (χ3v) is 3.13. The first-order valence-electron chi connectivity index (χ1n) is 5.58. The van der Waals surface area contributed by atoms with E-state index in [1.54, 1.807) is 0 Å². The lowest BCUT2D eigenvalue weighted by Gasteiger charge is -2.08. The zero-order chi connectivity index (χ0) is 13.7. The normalized spacial score (nSPS) is 10.6. The Labute approximate surface area is 116 Å². The molecule has 2 aromatic heterocycles. The van der Waals surface area contributed by atoms with Gasteiger partial charge in [0, 0.05) is 13.0 Å². The SMILES string of the molecule is O=c1c(Br)c(NCCc2ncon2)cnn1CCO. The molecule has 2 N–H and O–H groups in total. The third-order valence-electron chi connectivity index (χ3n) is 2.37. The Morgan fingerprint density at radius 2 is 2.37 bits per heavy atom. The van der Waals surface area contributed by atoms with Gasteiger partial charge in [0.05, 0.1) is 25.0 Å². The van der Waals surface area contributed by atoms with Crippen molar-refractivity contribution in [1.29, 1.82) is 0 Å². The van der Waals surface area contributed by atoms with Crippen LogP contribution in [0.1, 0.15) is 5.82 Å². The van der Waals surface area contributed by atoms with Gasteiger partial charge in [-0.3, -0.25) is 4.79 Å². The quantitative estimate of drug-likeness (QED) is 0.770. The molecule has 2 rings (SSSR count). The van der Waals surface area contributed by atoms with Crippen molar-refractivity contribution in [3.63, 3.8) is 0 Å². The summed E-state index contributed by atoms with van der Waals surface area (Å²) in [5.74, 6) is 0.588. The lowest BCUT2D eigenvalue weighted by Crippen LogP contribution is -2.26. The minimum atomic E-state index is -0.293. The molecule has 0 saturated heterocycles. The maximum Gasteiger partial charge on any atom is 0.283 e. The summed E-state index contributed by atoms with van der Waals surface area (Å²) in [5.41, 5.74) is 0.293. The molecule has 0 fully saturated rings. The zero-order valence-corrected chi connectivity index (χ0v) is 11.5. The van der Waals surface area contributed by atoms with Gasteiger partial charge < -0.3 is 14.9 Å². The molecule has 2 heterocycles. The predicted octanol–water partition coefficient (Wildman–Crippen LogP) is 0.0357.